The molecule has 4 aromatic rings. The van der Waals surface area contributed by atoms with E-state index in [1.54, 1.807) is 0 Å². The topological polar surface area (TPSA) is 182 Å². The van der Waals surface area contributed by atoms with Gasteiger partial charge in [0.05, 0.1) is 46.3 Å². The zero-order chi connectivity index (χ0) is 55.9. The van der Waals surface area contributed by atoms with Gasteiger partial charge in [-0.05, 0) is 183 Å². The van der Waals surface area contributed by atoms with Crippen molar-refractivity contribution in [1.82, 2.24) is 19.9 Å². The van der Waals surface area contributed by atoms with Crippen molar-refractivity contribution in [3.63, 3.8) is 0 Å². The summed E-state index contributed by atoms with van der Waals surface area (Å²) in [6, 6.07) is 8.78. The Morgan fingerprint density at radius 2 is 1.69 bits per heavy atom. The highest BCUT2D eigenvalue weighted by molar-refractivity contribution is 6.02. The highest BCUT2D eigenvalue weighted by Crippen LogP contribution is 2.83. The van der Waals surface area contributed by atoms with E-state index in [-0.39, 0.29) is 29.6 Å². The second-order valence-corrected chi connectivity index (χ2v) is 29.8. The smallest absolute Gasteiger partial charge is 0.160 e. The summed E-state index contributed by atoms with van der Waals surface area (Å²) < 4.78 is 14.3. The molecule has 7 aliphatic carbocycles. The number of aromatic nitrogens is 3. The van der Waals surface area contributed by atoms with Crippen LogP contribution in [-0.2, 0) is 42.4 Å². The van der Waals surface area contributed by atoms with E-state index in [1.165, 1.54) is 23.2 Å². The molecule has 1 spiro atoms. The molecule has 430 valence electrons. The summed E-state index contributed by atoms with van der Waals surface area (Å²) in [7, 11) is 1.99. The molecule has 6 heterocycles. The molecule has 1 aromatic carbocycles. The Balaban J connectivity index is 0.965. The summed E-state index contributed by atoms with van der Waals surface area (Å²) in [6.07, 6.45) is 19.2. The molecule has 14 rings (SSSR count). The van der Waals surface area contributed by atoms with Gasteiger partial charge in [0.2, 0.25) is 0 Å². The highest BCUT2D eigenvalue weighted by Gasteiger charge is 2.80. The molecule has 2 bridgehead atoms. The Labute approximate surface area is 473 Å². The van der Waals surface area contributed by atoms with Crippen LogP contribution in [-0.4, -0.2) is 98.4 Å². The second kappa shape index (κ2) is 18.2. The van der Waals surface area contributed by atoms with E-state index in [0.29, 0.717) is 82.3 Å². The molecule has 5 saturated carbocycles. The van der Waals surface area contributed by atoms with E-state index in [1.807, 2.05) is 20.9 Å². The van der Waals surface area contributed by atoms with Crippen LogP contribution in [0.3, 0.4) is 0 Å². The number of aryl methyl sites for hydroxylation is 1. The third-order valence-corrected chi connectivity index (χ3v) is 25.8. The molecule has 0 radical (unpaired) electrons. The van der Waals surface area contributed by atoms with Gasteiger partial charge in [-0.2, -0.15) is 0 Å². The van der Waals surface area contributed by atoms with E-state index in [9.17, 15) is 20.1 Å². The van der Waals surface area contributed by atoms with Gasteiger partial charge in [-0.1, -0.05) is 72.1 Å². The number of hydrogen-bond acceptors (Lipinski definition) is 9. The number of Topliss-reactive ketones (excluding diaryl/α,β-unsaturated/α-hetero) is 2. The van der Waals surface area contributed by atoms with Crippen LogP contribution >= 0.6 is 0 Å². The van der Waals surface area contributed by atoms with Crippen LogP contribution in [0.2, 0.25) is 0 Å². The minimum absolute atomic E-state index is 0.00888. The maximum absolute atomic E-state index is 16.0. The average molecular weight is 1090 g/mol. The molecule has 12 heteroatoms. The van der Waals surface area contributed by atoms with Crippen molar-refractivity contribution >= 4 is 28.9 Å². The Hall–Kier alpha value is -4.17. The van der Waals surface area contributed by atoms with Gasteiger partial charge in [0.15, 0.2) is 5.78 Å². The molecule has 3 aromatic heterocycles. The van der Waals surface area contributed by atoms with Gasteiger partial charge in [-0.15, -0.1) is 0 Å². The number of carbonyl (C=O) groups is 3. The van der Waals surface area contributed by atoms with Crippen LogP contribution < -0.4 is 5.32 Å². The molecule has 15 atom stereocenters. The number of nitrogens with zero attached hydrogens (tertiary/aromatic N) is 1. The number of hydrogen-bond donors (Lipinski definition) is 6. The minimum atomic E-state index is -1.06. The van der Waals surface area contributed by atoms with E-state index in [4.69, 9.17) is 9.47 Å². The average Bonchev–Trinajstić information content (AvgIpc) is 3.56. The highest BCUT2D eigenvalue weighted by atomic mass is 16.6. The summed E-state index contributed by atoms with van der Waals surface area (Å²) in [5.74, 6) is -0.532. The number of carbonyl (C=O) groups excluding carboxylic acids is 3. The number of ether oxygens (including phenoxy) is 2. The molecule has 0 unspecified atom stereocenters. The van der Waals surface area contributed by atoms with E-state index < -0.39 is 67.7 Å². The van der Waals surface area contributed by atoms with Crippen molar-refractivity contribution in [2.24, 2.45) is 50.2 Å². The van der Waals surface area contributed by atoms with Crippen molar-refractivity contribution in [1.29, 1.82) is 0 Å². The van der Waals surface area contributed by atoms with Crippen LogP contribution in [0.4, 0.5) is 0 Å². The molecule has 10 aliphatic rings. The summed E-state index contributed by atoms with van der Waals surface area (Å²) in [4.78, 5) is 53.5. The number of fused-ring (bicyclic) bond motifs is 8. The van der Waals surface area contributed by atoms with Crippen LogP contribution in [0.5, 0.6) is 0 Å². The number of H-pyrrole nitrogens is 2. The fraction of sp³-hybridized carbons (Fsp3) is 0.691. The summed E-state index contributed by atoms with van der Waals surface area (Å²) in [5, 5.41) is 42.7. The number of aromatic amines is 2. The van der Waals surface area contributed by atoms with Gasteiger partial charge < -0.3 is 49.4 Å². The Morgan fingerprint density at radius 1 is 0.925 bits per heavy atom. The first-order valence-electron chi connectivity index (χ1n) is 31.4. The molecule has 12 nitrogen and oxygen atoms in total. The van der Waals surface area contributed by atoms with Crippen LogP contribution in [0.25, 0.3) is 11.0 Å². The van der Waals surface area contributed by atoms with Gasteiger partial charge in [0.1, 0.15) is 18.2 Å². The summed E-state index contributed by atoms with van der Waals surface area (Å²) >= 11 is 0. The maximum Gasteiger partial charge on any atom is 0.160 e. The summed E-state index contributed by atoms with van der Waals surface area (Å²) in [6.45, 7) is 18.0. The van der Waals surface area contributed by atoms with E-state index >= 15 is 9.59 Å². The largest absolute Gasteiger partial charge is 0.392 e. The lowest BCUT2D eigenvalue weighted by Crippen LogP contribution is -2.74. The van der Waals surface area contributed by atoms with E-state index in [0.717, 1.165) is 115 Å². The molecule has 3 aliphatic heterocycles. The third-order valence-electron chi connectivity index (χ3n) is 25.8. The molecular weight excluding hydrogens is 1000 g/mol. The fourth-order valence-electron chi connectivity index (χ4n) is 21.7. The molecule has 6 N–H and O–H groups in total. The number of rotatable bonds is 11. The lowest BCUT2D eigenvalue weighted by atomic mass is 9.28. The monoisotopic (exact) mass is 1090 g/mol. The number of aldehydes is 1. The molecule has 80 heavy (non-hydrogen) atoms. The Bertz CT molecular complexity index is 3220. The van der Waals surface area contributed by atoms with Crippen molar-refractivity contribution in [3.8, 4) is 0 Å². The molecule has 7 fully saturated rings. The minimum Gasteiger partial charge on any atom is -0.392 e. The number of nitrogens with one attached hydrogen (secondary N) is 3. The number of benzene rings is 1. The van der Waals surface area contributed by atoms with Crippen LogP contribution in [0, 0.1) is 50.2 Å². The number of aliphatic hydroxyl groups is 3. The SMILES string of the molecule is CNCC[C@]1(C)C(=O)[C@@H]2c3cc[nH]c3[C@@H]3CC[C@]2(C3)[C@@]2(C)[C@H]3[C@H](O)[C@@H]4Cn5cc([C@H](C=O)c6cc(C7CCCCC7)cc(C7(O)CCOCC7)c6)c6[nH]cc(c65)CC[C@@](C)(C[C@@H](O)[C@H]5OC5(C)C)C5=C4[C@](C)(CC5=O)[C@@]3(C)CC[C@H]21. The predicted molar refractivity (Wildman–Crippen MR) is 307 cm³/mol. The first kappa shape index (κ1) is 53.8. The molecule has 2 saturated heterocycles. The van der Waals surface area contributed by atoms with Gasteiger partial charge in [0, 0.05) is 91.2 Å². The molecular formula is C68H90N4O8. The number of aliphatic hydroxyl groups excluding tert-OH is 2. The molecule has 0 amide bonds. The van der Waals surface area contributed by atoms with Gasteiger partial charge >= 0.3 is 0 Å². The Morgan fingerprint density at radius 3 is 2.41 bits per heavy atom. The van der Waals surface area contributed by atoms with Gasteiger partial charge in [-0.25, -0.2) is 0 Å². The van der Waals surface area contributed by atoms with Crippen LogP contribution in [0.15, 0.2) is 54.0 Å². The number of allylic oxidation sites excluding steroid dienone is 1. The first-order chi connectivity index (χ1) is 38.1. The van der Waals surface area contributed by atoms with Crippen molar-refractivity contribution in [3.05, 3.63) is 93.1 Å². The van der Waals surface area contributed by atoms with Crippen LogP contribution in [0.1, 0.15) is 214 Å². The zero-order valence-corrected chi connectivity index (χ0v) is 49.1. The summed E-state index contributed by atoms with van der Waals surface area (Å²) in [5.41, 5.74) is 6.09. The number of ketones is 2. The van der Waals surface area contributed by atoms with Crippen molar-refractivity contribution < 1.29 is 39.2 Å². The standard InChI is InChI=1S/C68H90N4O8/c1-61(2)60(80-61)49(75)32-62(3)18-14-40-34-71-55-45(47(37-73)42-28-41(38-12-10-9-11-13-38)29-43(30-42)68(78)22-26-79-27-23-68)35-72(56(40)55)36-46-51-53(62)48(74)33-65(51,6)64(5)19-16-50-63(4,21-25-69-8)59(77)52-44-17-24-70-54(44)39-15-20-67(52,31-39)66(50,7)58(64)57(46)76/h17,24,28-30,34-35,37-39,46-47,49-50,52,57-58,60,69-71,75-76,78H,9-16,18-23,25-27,31-33,36H2,1-8H3/t39-,46-,47-,49-,50+,52+,57-,58+,60-,62+,63+,64+,65+,66-,67-/m1/s1. The zero-order valence-electron chi connectivity index (χ0n) is 49.1. The van der Waals surface area contributed by atoms with Crippen molar-refractivity contribution in [2.75, 3.05) is 26.8 Å². The normalized spacial score (nSPS) is 40.4. The first-order valence-corrected chi connectivity index (χ1v) is 31.4. The van der Waals surface area contributed by atoms with Crippen molar-refractivity contribution in [2.45, 2.75) is 217 Å². The Kier molecular flexibility index (Phi) is 12.2. The predicted octanol–water partition coefficient (Wildman–Crippen LogP) is 11.1. The quantitative estimate of drug-likeness (QED) is 0.0629. The van der Waals surface area contributed by atoms with E-state index in [2.05, 4.69) is 97.3 Å². The maximum atomic E-state index is 16.0. The van der Waals surface area contributed by atoms with Gasteiger partial charge in [-0.3, -0.25) is 9.59 Å². The fourth-order valence-corrected chi connectivity index (χ4v) is 21.7. The third kappa shape index (κ3) is 7.16. The van der Waals surface area contributed by atoms with Gasteiger partial charge in [0.25, 0.3) is 0 Å². The second-order valence-electron chi connectivity index (χ2n) is 29.8. The number of epoxide rings is 1. The lowest BCUT2D eigenvalue weighted by Gasteiger charge is -2.76. The lowest BCUT2D eigenvalue weighted by molar-refractivity contribution is -0.267.